The molecule has 4 heteroatoms. The van der Waals surface area contributed by atoms with Gasteiger partial charge in [0.05, 0.1) is 6.10 Å². The summed E-state index contributed by atoms with van der Waals surface area (Å²) in [6.45, 7) is 0.463. The van der Waals surface area contributed by atoms with Gasteiger partial charge in [0, 0.05) is 6.61 Å². The summed E-state index contributed by atoms with van der Waals surface area (Å²) in [6.07, 6.45) is 0.629. The Kier molecular flexibility index (Phi) is 2.24. The quantitative estimate of drug-likeness (QED) is 0.487. The van der Waals surface area contributed by atoms with Gasteiger partial charge in [-0.25, -0.2) is 0 Å². The molecule has 3 N–H and O–H groups in total. The van der Waals surface area contributed by atoms with Crippen molar-refractivity contribution < 1.29 is 14.6 Å². The molecule has 0 bridgehead atoms. The first-order valence-electron chi connectivity index (χ1n) is 3.14. The number of hydrogen-bond donors (Lipinski definition) is 2. The van der Waals surface area contributed by atoms with E-state index in [1.807, 2.05) is 0 Å². The Bertz CT molecular complexity index is 137. The van der Waals surface area contributed by atoms with Crippen LogP contribution in [0, 0.1) is 6.42 Å². The SMILES string of the molecule is NC(=O)C1OCC[CH]C1O. The predicted octanol–water partition coefficient (Wildman–Crippen LogP) is -1.17. The lowest BCUT2D eigenvalue weighted by atomic mass is 10.1. The maximum absolute atomic E-state index is 10.5. The van der Waals surface area contributed by atoms with Crippen LogP contribution in [-0.2, 0) is 9.53 Å². The van der Waals surface area contributed by atoms with Crippen molar-refractivity contribution in [2.75, 3.05) is 6.61 Å². The van der Waals surface area contributed by atoms with E-state index in [-0.39, 0.29) is 0 Å². The normalized spacial score (nSPS) is 33.7. The van der Waals surface area contributed by atoms with Crippen LogP contribution < -0.4 is 5.73 Å². The van der Waals surface area contributed by atoms with Crippen molar-refractivity contribution in [3.8, 4) is 0 Å². The maximum Gasteiger partial charge on any atom is 0.249 e. The summed E-state index contributed by atoms with van der Waals surface area (Å²) in [6, 6.07) is 0. The van der Waals surface area contributed by atoms with E-state index < -0.39 is 18.1 Å². The number of primary amides is 1. The number of carbonyl (C=O) groups is 1. The van der Waals surface area contributed by atoms with Gasteiger partial charge in [0.15, 0.2) is 6.10 Å². The second-order valence-corrected chi connectivity index (χ2v) is 2.21. The molecule has 0 aliphatic carbocycles. The van der Waals surface area contributed by atoms with E-state index in [1.54, 1.807) is 6.42 Å². The average Bonchev–Trinajstić information content (AvgIpc) is 1.88. The third-order valence-electron chi connectivity index (χ3n) is 1.41. The second kappa shape index (κ2) is 2.98. The highest BCUT2D eigenvalue weighted by Gasteiger charge is 2.28. The van der Waals surface area contributed by atoms with E-state index in [9.17, 15) is 4.79 Å². The van der Waals surface area contributed by atoms with Gasteiger partial charge in [-0.3, -0.25) is 4.79 Å². The zero-order chi connectivity index (χ0) is 7.56. The summed E-state index contributed by atoms with van der Waals surface area (Å²) in [7, 11) is 0. The van der Waals surface area contributed by atoms with Crippen LogP contribution in [0.5, 0.6) is 0 Å². The number of nitrogens with two attached hydrogens (primary N) is 1. The molecule has 4 nitrogen and oxygen atoms in total. The first-order chi connectivity index (χ1) is 4.72. The topological polar surface area (TPSA) is 72.6 Å². The molecule has 1 radical (unpaired) electrons. The number of ether oxygens (including phenoxy) is 1. The molecule has 1 heterocycles. The summed E-state index contributed by atoms with van der Waals surface area (Å²) in [4.78, 5) is 10.5. The summed E-state index contributed by atoms with van der Waals surface area (Å²) in [5.41, 5.74) is 4.91. The number of carbonyl (C=O) groups excluding carboxylic acids is 1. The van der Waals surface area contributed by atoms with E-state index in [2.05, 4.69) is 0 Å². The summed E-state index contributed by atoms with van der Waals surface area (Å²) >= 11 is 0. The molecular formula is C6H10NO3. The lowest BCUT2D eigenvalue weighted by Gasteiger charge is -2.24. The Morgan fingerprint density at radius 3 is 2.90 bits per heavy atom. The van der Waals surface area contributed by atoms with Gasteiger partial charge >= 0.3 is 0 Å². The Morgan fingerprint density at radius 2 is 2.50 bits per heavy atom. The van der Waals surface area contributed by atoms with E-state index in [4.69, 9.17) is 15.6 Å². The van der Waals surface area contributed by atoms with Crippen molar-refractivity contribution in [3.05, 3.63) is 6.42 Å². The Balaban J connectivity index is 2.47. The molecule has 1 aliphatic rings. The van der Waals surface area contributed by atoms with Gasteiger partial charge in [0.1, 0.15) is 0 Å². The molecule has 0 aromatic heterocycles. The van der Waals surface area contributed by atoms with Crippen molar-refractivity contribution in [1.82, 2.24) is 0 Å². The van der Waals surface area contributed by atoms with Gasteiger partial charge < -0.3 is 15.6 Å². The first kappa shape index (κ1) is 7.50. The number of aliphatic hydroxyl groups excluding tert-OH is 1. The first-order valence-corrected chi connectivity index (χ1v) is 3.14. The fourth-order valence-electron chi connectivity index (χ4n) is 0.906. The minimum Gasteiger partial charge on any atom is -0.390 e. The van der Waals surface area contributed by atoms with Gasteiger partial charge in [-0.05, 0) is 12.8 Å². The average molecular weight is 144 g/mol. The minimum absolute atomic E-state index is 0.463. The molecule has 1 aliphatic heterocycles. The molecule has 10 heavy (non-hydrogen) atoms. The second-order valence-electron chi connectivity index (χ2n) is 2.21. The van der Waals surface area contributed by atoms with Crippen LogP contribution in [0.2, 0.25) is 0 Å². The number of aliphatic hydroxyl groups is 1. The molecule has 2 atom stereocenters. The summed E-state index contributed by atoms with van der Waals surface area (Å²) in [5, 5.41) is 9.06. The molecule has 1 fully saturated rings. The molecule has 0 aromatic carbocycles. The lowest BCUT2D eigenvalue weighted by molar-refractivity contribution is -0.138. The highest BCUT2D eigenvalue weighted by Crippen LogP contribution is 2.11. The fourth-order valence-corrected chi connectivity index (χ4v) is 0.906. The largest absolute Gasteiger partial charge is 0.390 e. The van der Waals surface area contributed by atoms with Crippen LogP contribution in [0.25, 0.3) is 0 Å². The molecule has 0 spiro atoms. The minimum atomic E-state index is -0.839. The molecule has 1 rings (SSSR count). The standard InChI is InChI=1S/C6H10NO3/c7-6(9)5-4(8)2-1-3-10-5/h2,4-5,8H,1,3H2,(H2,7,9). The molecule has 57 valence electrons. The van der Waals surface area contributed by atoms with Crippen molar-refractivity contribution >= 4 is 5.91 Å². The molecule has 1 saturated heterocycles. The van der Waals surface area contributed by atoms with Crippen LogP contribution in [0.15, 0.2) is 0 Å². The monoisotopic (exact) mass is 144 g/mol. The van der Waals surface area contributed by atoms with Crippen LogP contribution in [0.3, 0.4) is 0 Å². The van der Waals surface area contributed by atoms with Crippen molar-refractivity contribution in [1.29, 1.82) is 0 Å². The zero-order valence-electron chi connectivity index (χ0n) is 5.49. The molecular weight excluding hydrogens is 134 g/mol. The third-order valence-corrected chi connectivity index (χ3v) is 1.41. The van der Waals surface area contributed by atoms with Gasteiger partial charge in [-0.1, -0.05) is 0 Å². The molecule has 2 unspecified atom stereocenters. The van der Waals surface area contributed by atoms with E-state index in [1.165, 1.54) is 0 Å². The Morgan fingerprint density at radius 1 is 1.80 bits per heavy atom. The van der Waals surface area contributed by atoms with Crippen LogP contribution in [-0.4, -0.2) is 29.8 Å². The summed E-state index contributed by atoms with van der Waals surface area (Å²) < 4.78 is 4.90. The van der Waals surface area contributed by atoms with Crippen LogP contribution in [0.4, 0.5) is 0 Å². The lowest BCUT2D eigenvalue weighted by Crippen LogP contribution is -2.44. The van der Waals surface area contributed by atoms with Crippen LogP contribution >= 0.6 is 0 Å². The fraction of sp³-hybridized carbons (Fsp3) is 0.667. The van der Waals surface area contributed by atoms with Gasteiger partial charge in [-0.2, -0.15) is 0 Å². The zero-order valence-corrected chi connectivity index (χ0v) is 5.49. The van der Waals surface area contributed by atoms with E-state index in [0.717, 1.165) is 0 Å². The number of rotatable bonds is 1. The van der Waals surface area contributed by atoms with Gasteiger partial charge in [-0.15, -0.1) is 0 Å². The molecule has 1 amide bonds. The highest BCUT2D eigenvalue weighted by molar-refractivity contribution is 5.79. The Hall–Kier alpha value is -0.610. The summed E-state index contributed by atoms with van der Waals surface area (Å²) in [5.74, 6) is -0.608. The van der Waals surface area contributed by atoms with Gasteiger partial charge in [0.25, 0.3) is 0 Å². The van der Waals surface area contributed by atoms with E-state index in [0.29, 0.717) is 13.0 Å². The van der Waals surface area contributed by atoms with Gasteiger partial charge in [0.2, 0.25) is 5.91 Å². The smallest absolute Gasteiger partial charge is 0.249 e. The number of hydrogen-bond acceptors (Lipinski definition) is 3. The molecule has 0 aromatic rings. The van der Waals surface area contributed by atoms with Crippen molar-refractivity contribution in [2.24, 2.45) is 5.73 Å². The Labute approximate surface area is 59.0 Å². The number of amides is 1. The third kappa shape index (κ3) is 1.46. The molecule has 0 saturated carbocycles. The van der Waals surface area contributed by atoms with Crippen LogP contribution in [0.1, 0.15) is 6.42 Å². The van der Waals surface area contributed by atoms with Crippen molar-refractivity contribution in [3.63, 3.8) is 0 Å². The predicted molar refractivity (Wildman–Crippen MR) is 33.9 cm³/mol. The van der Waals surface area contributed by atoms with E-state index >= 15 is 0 Å². The highest BCUT2D eigenvalue weighted by atomic mass is 16.5. The maximum atomic E-state index is 10.5. The van der Waals surface area contributed by atoms with Crippen molar-refractivity contribution in [2.45, 2.75) is 18.6 Å².